The number of aliphatic imine (C=N–C) groups is 1. The molecule has 0 amide bonds. The molecule has 1 rings (SSSR count). The molecule has 0 heterocycles. The zero-order valence-corrected chi connectivity index (χ0v) is 18.3. The van der Waals surface area contributed by atoms with Gasteiger partial charge >= 0.3 is 0 Å². The van der Waals surface area contributed by atoms with Crippen LogP contribution in [0, 0.1) is 0 Å². The zero-order valence-electron chi connectivity index (χ0n) is 16.0. The summed E-state index contributed by atoms with van der Waals surface area (Å²) in [6, 6.07) is 3.90. The van der Waals surface area contributed by atoms with Crippen LogP contribution >= 0.6 is 24.0 Å². The lowest BCUT2D eigenvalue weighted by Gasteiger charge is -2.16. The van der Waals surface area contributed by atoms with Gasteiger partial charge in [-0.15, -0.1) is 24.0 Å². The predicted molar refractivity (Wildman–Crippen MR) is 114 cm³/mol. The highest BCUT2D eigenvalue weighted by atomic mass is 127. The van der Waals surface area contributed by atoms with Crippen molar-refractivity contribution in [1.29, 1.82) is 0 Å². The Morgan fingerprint density at radius 2 is 1.64 bits per heavy atom. The van der Waals surface area contributed by atoms with Crippen molar-refractivity contribution in [1.82, 2.24) is 10.6 Å². The van der Waals surface area contributed by atoms with Gasteiger partial charge in [-0.3, -0.25) is 4.99 Å². The van der Waals surface area contributed by atoms with Gasteiger partial charge in [0, 0.05) is 25.7 Å². The number of guanidine groups is 1. The number of unbranched alkanes of at least 4 members (excludes halogenated alkanes) is 2. The van der Waals surface area contributed by atoms with Crippen LogP contribution in [0.5, 0.6) is 17.2 Å². The van der Waals surface area contributed by atoms with Gasteiger partial charge in [-0.05, 0) is 18.9 Å². The second-order valence-corrected chi connectivity index (χ2v) is 5.38. The maximum atomic E-state index is 5.51. The Morgan fingerprint density at radius 3 is 2.20 bits per heavy atom. The van der Waals surface area contributed by atoms with E-state index in [-0.39, 0.29) is 24.0 Å². The van der Waals surface area contributed by atoms with E-state index in [1.165, 1.54) is 12.8 Å². The van der Waals surface area contributed by atoms with Crippen LogP contribution in [-0.4, -0.2) is 47.4 Å². The fourth-order valence-corrected chi connectivity index (χ4v) is 2.48. The molecule has 0 aliphatic rings. The van der Waals surface area contributed by atoms with Gasteiger partial charge in [0.1, 0.15) is 0 Å². The summed E-state index contributed by atoms with van der Waals surface area (Å²) in [5, 5.41) is 6.65. The molecule has 0 fully saturated rings. The topological polar surface area (TPSA) is 64.1 Å². The number of hydrogen-bond acceptors (Lipinski definition) is 4. The Balaban J connectivity index is 0.00000576. The number of nitrogens with one attached hydrogen (secondary N) is 2. The second kappa shape index (κ2) is 13.9. The largest absolute Gasteiger partial charge is 0.493 e. The van der Waals surface area contributed by atoms with E-state index >= 15 is 0 Å². The van der Waals surface area contributed by atoms with E-state index in [4.69, 9.17) is 14.2 Å². The molecule has 0 spiro atoms. The van der Waals surface area contributed by atoms with Gasteiger partial charge in [0.15, 0.2) is 17.5 Å². The average molecular weight is 465 g/mol. The highest BCUT2D eigenvalue weighted by molar-refractivity contribution is 14.0. The predicted octanol–water partition coefficient (Wildman–Crippen LogP) is 3.23. The number of methoxy groups -OCH3 is 3. The van der Waals surface area contributed by atoms with E-state index in [0.717, 1.165) is 37.5 Å². The fourth-order valence-electron chi connectivity index (χ4n) is 2.48. The van der Waals surface area contributed by atoms with E-state index in [1.807, 2.05) is 12.1 Å². The highest BCUT2D eigenvalue weighted by Crippen LogP contribution is 2.39. The van der Waals surface area contributed by atoms with Gasteiger partial charge < -0.3 is 24.8 Å². The van der Waals surface area contributed by atoms with Gasteiger partial charge in [-0.1, -0.05) is 25.8 Å². The Labute approximate surface area is 168 Å². The average Bonchev–Trinajstić information content (AvgIpc) is 2.62. The van der Waals surface area contributed by atoms with Crippen LogP contribution in [-0.2, 0) is 6.42 Å². The molecule has 0 radical (unpaired) electrons. The van der Waals surface area contributed by atoms with E-state index in [2.05, 4.69) is 22.5 Å². The maximum Gasteiger partial charge on any atom is 0.203 e. The summed E-state index contributed by atoms with van der Waals surface area (Å²) in [7, 11) is 6.66. The van der Waals surface area contributed by atoms with Crippen molar-refractivity contribution in [2.75, 3.05) is 41.5 Å². The Hall–Kier alpha value is -1.38. The van der Waals surface area contributed by atoms with Crippen molar-refractivity contribution in [3.8, 4) is 17.2 Å². The minimum atomic E-state index is 0. The maximum absolute atomic E-state index is 5.51. The number of benzene rings is 1. The van der Waals surface area contributed by atoms with Crippen molar-refractivity contribution in [2.24, 2.45) is 4.99 Å². The summed E-state index contributed by atoms with van der Waals surface area (Å²) in [5.41, 5.74) is 1.06. The van der Waals surface area contributed by atoms with E-state index in [9.17, 15) is 0 Å². The molecule has 0 aliphatic heterocycles. The van der Waals surface area contributed by atoms with Crippen molar-refractivity contribution in [3.63, 3.8) is 0 Å². The third-order valence-corrected chi connectivity index (χ3v) is 3.77. The van der Waals surface area contributed by atoms with Crippen LogP contribution in [0.3, 0.4) is 0 Å². The van der Waals surface area contributed by atoms with Crippen molar-refractivity contribution in [2.45, 2.75) is 32.6 Å². The molecule has 1 aromatic carbocycles. The first-order valence-corrected chi connectivity index (χ1v) is 8.44. The molecule has 2 N–H and O–H groups in total. The van der Waals surface area contributed by atoms with Crippen molar-refractivity contribution >= 4 is 29.9 Å². The van der Waals surface area contributed by atoms with Crippen LogP contribution in [0.2, 0.25) is 0 Å². The summed E-state index contributed by atoms with van der Waals surface area (Å²) in [4.78, 5) is 4.24. The molecule has 0 saturated carbocycles. The molecule has 144 valence electrons. The van der Waals surface area contributed by atoms with Crippen LogP contribution in [0.25, 0.3) is 0 Å². The summed E-state index contributed by atoms with van der Waals surface area (Å²) in [6.45, 7) is 3.88. The van der Waals surface area contributed by atoms with Gasteiger partial charge in [0.05, 0.1) is 21.3 Å². The van der Waals surface area contributed by atoms with Gasteiger partial charge in [0.25, 0.3) is 0 Å². The normalized spacial score (nSPS) is 10.7. The summed E-state index contributed by atoms with van der Waals surface area (Å²) in [6.07, 6.45) is 4.39. The molecular formula is C18H32IN3O3. The minimum Gasteiger partial charge on any atom is -0.493 e. The standard InChI is InChI=1S/C18H31N3O3.HI/c1-6-7-8-12-20-18(19-2)21-13-11-14-9-10-15(22-3)17(24-5)16(14)23-4;/h9-10H,6-8,11-13H2,1-5H3,(H2,19,20,21);1H. The Morgan fingerprint density at radius 1 is 0.960 bits per heavy atom. The molecule has 1 aromatic rings. The molecule has 0 bridgehead atoms. The van der Waals surface area contributed by atoms with Gasteiger partial charge in [-0.2, -0.15) is 0 Å². The third kappa shape index (κ3) is 7.58. The number of rotatable bonds is 10. The monoisotopic (exact) mass is 465 g/mol. The summed E-state index contributed by atoms with van der Waals surface area (Å²) >= 11 is 0. The van der Waals surface area contributed by atoms with E-state index < -0.39 is 0 Å². The minimum absolute atomic E-state index is 0. The number of hydrogen-bond donors (Lipinski definition) is 2. The van der Waals surface area contributed by atoms with Crippen LogP contribution in [0.15, 0.2) is 17.1 Å². The van der Waals surface area contributed by atoms with Crippen LogP contribution in [0.4, 0.5) is 0 Å². The number of ether oxygens (including phenoxy) is 3. The van der Waals surface area contributed by atoms with E-state index in [0.29, 0.717) is 17.2 Å². The van der Waals surface area contributed by atoms with E-state index in [1.54, 1.807) is 28.4 Å². The SMILES string of the molecule is CCCCCNC(=NC)NCCc1ccc(OC)c(OC)c1OC.I. The lowest BCUT2D eigenvalue weighted by atomic mass is 10.1. The first kappa shape index (κ1) is 23.6. The van der Waals surface area contributed by atoms with Gasteiger partial charge in [0.2, 0.25) is 5.75 Å². The van der Waals surface area contributed by atoms with Crippen LogP contribution in [0.1, 0.15) is 31.7 Å². The molecule has 0 saturated heterocycles. The number of halogens is 1. The smallest absolute Gasteiger partial charge is 0.203 e. The number of nitrogens with zero attached hydrogens (tertiary/aromatic N) is 1. The first-order valence-electron chi connectivity index (χ1n) is 8.44. The summed E-state index contributed by atoms with van der Waals surface area (Å²) in [5.74, 6) is 2.83. The van der Waals surface area contributed by atoms with Gasteiger partial charge in [-0.25, -0.2) is 0 Å². The summed E-state index contributed by atoms with van der Waals surface area (Å²) < 4.78 is 16.2. The molecule has 0 aliphatic carbocycles. The van der Waals surface area contributed by atoms with Crippen molar-refractivity contribution < 1.29 is 14.2 Å². The van der Waals surface area contributed by atoms with Crippen molar-refractivity contribution in [3.05, 3.63) is 17.7 Å². The molecule has 0 atom stereocenters. The Bertz CT molecular complexity index is 525. The lowest BCUT2D eigenvalue weighted by molar-refractivity contribution is 0.322. The molecular weight excluding hydrogens is 433 g/mol. The fraction of sp³-hybridized carbons (Fsp3) is 0.611. The molecule has 0 unspecified atom stereocenters. The van der Waals surface area contributed by atoms with Crippen LogP contribution < -0.4 is 24.8 Å². The highest BCUT2D eigenvalue weighted by Gasteiger charge is 2.15. The molecule has 7 heteroatoms. The second-order valence-electron chi connectivity index (χ2n) is 5.38. The quantitative estimate of drug-likeness (QED) is 0.241. The third-order valence-electron chi connectivity index (χ3n) is 3.77. The zero-order chi connectivity index (χ0) is 17.8. The molecule has 25 heavy (non-hydrogen) atoms. The molecule has 6 nitrogen and oxygen atoms in total. The molecule has 0 aromatic heterocycles. The Kier molecular flexibility index (Phi) is 13.1. The first-order chi connectivity index (χ1) is 11.7. The lowest BCUT2D eigenvalue weighted by Crippen LogP contribution is -2.38.